The predicted octanol–water partition coefficient (Wildman–Crippen LogP) is 2.55. The van der Waals surface area contributed by atoms with Gasteiger partial charge >= 0.3 is 0 Å². The third-order valence-corrected chi connectivity index (χ3v) is 7.64. The van der Waals surface area contributed by atoms with Gasteiger partial charge in [-0.3, -0.25) is 18.7 Å². The Balaban J connectivity index is 1.71. The van der Waals surface area contributed by atoms with Gasteiger partial charge in [-0.25, -0.2) is 14.6 Å². The summed E-state index contributed by atoms with van der Waals surface area (Å²) in [6.45, 7) is 5.89. The number of aromatic nitrogens is 4. The van der Waals surface area contributed by atoms with Crippen molar-refractivity contribution in [2.45, 2.75) is 52.5 Å². The van der Waals surface area contributed by atoms with Crippen molar-refractivity contribution in [2.24, 2.45) is 11.1 Å². The van der Waals surface area contributed by atoms with Gasteiger partial charge in [0.1, 0.15) is 0 Å². The highest BCUT2D eigenvalue weighted by molar-refractivity contribution is 8.24. The minimum atomic E-state index is -2.52. The molecule has 11 heteroatoms. The number of hydrogen-bond donors (Lipinski definition) is 4. The molecule has 31 heavy (non-hydrogen) atoms. The Hall–Kier alpha value is -2.50. The van der Waals surface area contributed by atoms with Crippen LogP contribution in [0.3, 0.4) is 0 Å². The van der Waals surface area contributed by atoms with Gasteiger partial charge in [0.05, 0.1) is 23.1 Å². The zero-order valence-corrected chi connectivity index (χ0v) is 18.7. The number of hydrogen-bond acceptors (Lipinski definition) is 8. The quantitative estimate of drug-likeness (QED) is 0.556. The van der Waals surface area contributed by atoms with Crippen LogP contribution in [0.4, 0.5) is 5.82 Å². The highest BCUT2D eigenvalue weighted by Crippen LogP contribution is 2.44. The summed E-state index contributed by atoms with van der Waals surface area (Å²) in [6, 6.07) is -0.0867. The van der Waals surface area contributed by atoms with Crippen LogP contribution in [0.2, 0.25) is 0 Å². The molecule has 4 rings (SSSR count). The lowest BCUT2D eigenvalue weighted by Gasteiger charge is -2.39. The van der Waals surface area contributed by atoms with Crippen molar-refractivity contribution in [3.63, 3.8) is 0 Å². The molecular formula is C20H28N6O4S. The van der Waals surface area contributed by atoms with Gasteiger partial charge in [-0.05, 0) is 31.6 Å². The Morgan fingerprint density at radius 1 is 1.29 bits per heavy atom. The fourth-order valence-electron chi connectivity index (χ4n) is 4.34. The summed E-state index contributed by atoms with van der Waals surface area (Å²) < 4.78 is 21.3. The zero-order chi connectivity index (χ0) is 22.6. The Bertz CT molecular complexity index is 1050. The van der Waals surface area contributed by atoms with Crippen LogP contribution in [0.5, 0.6) is 0 Å². The standard InChI is InChI=1S/C20H28N6O4S/c1-11-16-13(8-20(2,3)9-14(16)27)26(25-11)15-10-22-17(18(21)28)19(24-15)23-12-4-6-31(29,30)7-5-12/h10,12,29-30H,4-9H2,1-3H3,(H2,21,28)(H,23,24). The minimum absolute atomic E-state index is 0.00934. The number of anilines is 1. The second kappa shape index (κ2) is 7.57. The van der Waals surface area contributed by atoms with Crippen LogP contribution in [0.15, 0.2) is 6.20 Å². The molecule has 0 unspecified atom stereocenters. The normalized spacial score (nSPS) is 21.4. The van der Waals surface area contributed by atoms with Crippen molar-refractivity contribution in [3.05, 3.63) is 28.8 Å². The van der Waals surface area contributed by atoms with Gasteiger partial charge in [0.15, 0.2) is 23.1 Å². The van der Waals surface area contributed by atoms with Crippen LogP contribution < -0.4 is 11.1 Å². The van der Waals surface area contributed by atoms with E-state index in [0.29, 0.717) is 54.3 Å². The monoisotopic (exact) mass is 448 g/mol. The molecule has 0 saturated carbocycles. The second-order valence-corrected chi connectivity index (χ2v) is 11.6. The summed E-state index contributed by atoms with van der Waals surface area (Å²) in [6.07, 6.45) is 3.63. The Morgan fingerprint density at radius 3 is 2.61 bits per heavy atom. The molecule has 2 aromatic rings. The molecule has 1 saturated heterocycles. The number of aryl methyl sites for hydroxylation is 1. The Kier molecular flexibility index (Phi) is 5.31. The predicted molar refractivity (Wildman–Crippen MR) is 118 cm³/mol. The third-order valence-electron chi connectivity index (χ3n) is 5.86. The molecule has 2 aromatic heterocycles. The smallest absolute Gasteiger partial charge is 0.271 e. The number of amides is 1. The van der Waals surface area contributed by atoms with E-state index >= 15 is 0 Å². The van der Waals surface area contributed by atoms with Crippen LogP contribution in [0.1, 0.15) is 65.3 Å². The summed E-state index contributed by atoms with van der Waals surface area (Å²) in [5.41, 5.74) is 7.38. The van der Waals surface area contributed by atoms with Gasteiger partial charge in [-0.2, -0.15) is 15.7 Å². The number of Topliss-reactive ketones (excluding diaryl/α,β-unsaturated/α-hetero) is 1. The van der Waals surface area contributed by atoms with E-state index in [9.17, 15) is 18.7 Å². The van der Waals surface area contributed by atoms with Crippen LogP contribution in [0, 0.1) is 12.3 Å². The van der Waals surface area contributed by atoms with Gasteiger partial charge < -0.3 is 11.1 Å². The summed E-state index contributed by atoms with van der Waals surface area (Å²) in [5.74, 6) is 0.575. The van der Waals surface area contributed by atoms with E-state index in [1.807, 2.05) is 13.8 Å². The number of nitrogens with two attached hydrogens (primary N) is 1. The first kappa shape index (κ1) is 21.7. The average Bonchev–Trinajstić information content (AvgIpc) is 2.98. The molecule has 0 bridgehead atoms. The van der Waals surface area contributed by atoms with E-state index in [-0.39, 0.29) is 28.8 Å². The lowest BCUT2D eigenvalue weighted by atomic mass is 9.75. The topological polar surface area (TPSA) is 156 Å². The highest BCUT2D eigenvalue weighted by Gasteiger charge is 2.36. The number of fused-ring (bicyclic) bond motifs is 1. The molecule has 10 nitrogen and oxygen atoms in total. The molecule has 0 atom stereocenters. The maximum absolute atomic E-state index is 12.7. The highest BCUT2D eigenvalue weighted by atomic mass is 32.3. The zero-order valence-electron chi connectivity index (χ0n) is 17.9. The third kappa shape index (κ3) is 4.30. The number of nitrogens with one attached hydrogen (secondary N) is 1. The van der Waals surface area contributed by atoms with E-state index in [2.05, 4.69) is 20.4 Å². The molecule has 1 aliphatic carbocycles. The molecule has 1 fully saturated rings. The van der Waals surface area contributed by atoms with Crippen LogP contribution in [-0.2, 0) is 6.42 Å². The first-order chi connectivity index (χ1) is 14.5. The maximum atomic E-state index is 12.7. The van der Waals surface area contributed by atoms with Crippen molar-refractivity contribution in [1.29, 1.82) is 0 Å². The van der Waals surface area contributed by atoms with E-state index in [0.717, 1.165) is 5.69 Å². The summed E-state index contributed by atoms with van der Waals surface area (Å²) in [4.78, 5) is 33.4. The summed E-state index contributed by atoms with van der Waals surface area (Å²) >= 11 is 0. The van der Waals surface area contributed by atoms with Gasteiger partial charge in [0, 0.05) is 24.0 Å². The molecule has 0 spiro atoms. The van der Waals surface area contributed by atoms with Crippen LogP contribution in [-0.4, -0.2) is 58.1 Å². The van der Waals surface area contributed by atoms with Crippen LogP contribution >= 0.6 is 10.6 Å². The Morgan fingerprint density at radius 2 is 1.97 bits per heavy atom. The molecule has 3 heterocycles. The molecule has 1 aliphatic heterocycles. The van der Waals surface area contributed by atoms with Crippen LogP contribution in [0.25, 0.3) is 5.82 Å². The van der Waals surface area contributed by atoms with Crippen molar-refractivity contribution >= 4 is 28.1 Å². The largest absolute Gasteiger partial charge is 0.365 e. The number of ketones is 1. The molecular weight excluding hydrogens is 420 g/mol. The van der Waals surface area contributed by atoms with E-state index in [1.54, 1.807) is 11.6 Å². The molecule has 0 aromatic carbocycles. The fraction of sp³-hybridized carbons (Fsp3) is 0.550. The minimum Gasteiger partial charge on any atom is -0.365 e. The van der Waals surface area contributed by atoms with E-state index in [1.165, 1.54) is 6.20 Å². The number of carbonyl (C=O) groups excluding carboxylic acids is 2. The first-order valence-corrected chi connectivity index (χ1v) is 12.1. The average molecular weight is 449 g/mol. The van der Waals surface area contributed by atoms with Crippen molar-refractivity contribution in [2.75, 3.05) is 16.8 Å². The fourth-order valence-corrected chi connectivity index (χ4v) is 5.87. The van der Waals surface area contributed by atoms with Crippen molar-refractivity contribution < 1.29 is 18.7 Å². The first-order valence-electron chi connectivity index (χ1n) is 10.2. The maximum Gasteiger partial charge on any atom is 0.271 e. The van der Waals surface area contributed by atoms with Gasteiger partial charge in [0.2, 0.25) is 0 Å². The number of primary amides is 1. The number of nitrogens with zero attached hydrogens (tertiary/aromatic N) is 4. The van der Waals surface area contributed by atoms with E-state index in [4.69, 9.17) is 5.73 Å². The van der Waals surface area contributed by atoms with Crippen molar-refractivity contribution in [1.82, 2.24) is 19.7 Å². The van der Waals surface area contributed by atoms with Gasteiger partial charge in [-0.1, -0.05) is 13.8 Å². The second-order valence-electron chi connectivity index (χ2n) is 9.18. The molecule has 2 aliphatic rings. The van der Waals surface area contributed by atoms with Gasteiger partial charge in [0.25, 0.3) is 5.91 Å². The molecule has 0 radical (unpaired) electrons. The summed E-state index contributed by atoms with van der Waals surface area (Å²) in [5, 5.41) is 7.75. The number of carbonyl (C=O) groups is 2. The van der Waals surface area contributed by atoms with E-state index < -0.39 is 16.5 Å². The Labute approximate surface area is 182 Å². The molecule has 1 amide bonds. The molecule has 5 N–H and O–H groups in total. The summed E-state index contributed by atoms with van der Waals surface area (Å²) in [7, 11) is -2.52. The lowest BCUT2D eigenvalue weighted by molar-refractivity contribution is 0.0909. The van der Waals surface area contributed by atoms with Gasteiger partial charge in [-0.15, -0.1) is 0 Å². The SMILES string of the molecule is Cc1nn(-c2cnc(C(N)=O)c(NC3CCS(O)(O)CC3)n2)c2c1C(=O)CC(C)(C)C2. The lowest BCUT2D eigenvalue weighted by Crippen LogP contribution is -2.32. The van der Waals surface area contributed by atoms with Crippen molar-refractivity contribution in [3.8, 4) is 5.82 Å². The number of rotatable bonds is 4. The molecule has 168 valence electrons.